The summed E-state index contributed by atoms with van der Waals surface area (Å²) >= 11 is 0. The van der Waals surface area contributed by atoms with Gasteiger partial charge in [0.2, 0.25) is 0 Å². The van der Waals surface area contributed by atoms with Crippen molar-refractivity contribution in [1.82, 2.24) is 0 Å². The third-order valence-corrected chi connectivity index (χ3v) is 0. The van der Waals surface area contributed by atoms with Crippen molar-refractivity contribution in [1.29, 1.82) is 10.5 Å². The van der Waals surface area contributed by atoms with Gasteiger partial charge in [-0.1, -0.05) is 0 Å². The molecule has 66 valence electrons. The Morgan fingerprint density at radius 3 is 1.09 bits per heavy atom. The Balaban J connectivity index is -0.0000000301. The van der Waals surface area contributed by atoms with E-state index in [-0.39, 0.29) is 6.61 Å². The molecule has 4 nitrogen and oxygen atoms in total. The minimum atomic E-state index is 0.250. The number of aliphatic hydroxyl groups is 2. The maximum Gasteiger partial charge on any atom is 0.0587 e. The Morgan fingerprint density at radius 1 is 1.09 bits per heavy atom. The lowest BCUT2D eigenvalue weighted by atomic mass is 10.9. The zero-order chi connectivity index (χ0) is 10.1. The van der Waals surface area contributed by atoms with E-state index in [0.717, 1.165) is 7.11 Å². The third kappa shape index (κ3) is 350. The van der Waals surface area contributed by atoms with Gasteiger partial charge < -0.3 is 10.2 Å². The molecule has 4 heteroatoms. The number of aliphatic hydroxyl groups excluding tert-OH is 2. The number of nitrogens with zero attached hydrogens (tertiary/aromatic N) is 2. The smallest absolute Gasteiger partial charge is 0.0587 e. The first-order valence-electron chi connectivity index (χ1n) is 2.92. The van der Waals surface area contributed by atoms with Gasteiger partial charge in [-0.15, -0.1) is 0 Å². The first-order valence-corrected chi connectivity index (χ1v) is 2.92. The third-order valence-electron chi connectivity index (χ3n) is 0. The summed E-state index contributed by atoms with van der Waals surface area (Å²) in [5, 5.41) is 29.2. The van der Waals surface area contributed by atoms with Gasteiger partial charge in [0, 0.05) is 27.6 Å². The van der Waals surface area contributed by atoms with Gasteiger partial charge in [-0.2, -0.15) is 10.5 Å². The summed E-state index contributed by atoms with van der Waals surface area (Å²) in [5.41, 5.74) is 0. The Kier molecular flexibility index (Phi) is 315. The molecule has 0 radical (unpaired) electrons. The second-order valence-electron chi connectivity index (χ2n) is 0.763. The van der Waals surface area contributed by atoms with Crippen molar-refractivity contribution in [2.24, 2.45) is 0 Å². The van der Waals surface area contributed by atoms with Crippen LogP contribution in [0.25, 0.3) is 0 Å². The molecule has 0 amide bonds. The summed E-state index contributed by atoms with van der Waals surface area (Å²) in [7, 11) is 1.00. The van der Waals surface area contributed by atoms with Crippen LogP contribution in [0.15, 0.2) is 0 Å². The van der Waals surface area contributed by atoms with Crippen LogP contribution in [0.4, 0.5) is 0 Å². The number of rotatable bonds is 0. The highest BCUT2D eigenvalue weighted by atomic mass is 16.2. The van der Waals surface area contributed by atoms with E-state index in [1.54, 1.807) is 19.1 Å². The molecule has 0 fully saturated rings. The summed E-state index contributed by atoms with van der Waals surface area (Å²) in [6.45, 7) is 4.79. The largest absolute Gasteiger partial charge is 0.400 e. The van der Waals surface area contributed by atoms with Crippen LogP contribution in [0.1, 0.15) is 20.8 Å². The predicted molar refractivity (Wildman–Crippen MR) is 43.5 cm³/mol. The molecule has 0 spiro atoms. The van der Waals surface area contributed by atoms with E-state index in [1.165, 1.54) is 13.8 Å². The van der Waals surface area contributed by atoms with E-state index >= 15 is 0 Å². The quantitative estimate of drug-likeness (QED) is 0.545. The van der Waals surface area contributed by atoms with Crippen LogP contribution in [0.5, 0.6) is 0 Å². The predicted octanol–water partition coefficient (Wildman–Crippen LogP) is 0.667. The van der Waals surface area contributed by atoms with Crippen LogP contribution in [-0.2, 0) is 0 Å². The first kappa shape index (κ1) is 22.5. The molecule has 0 saturated heterocycles. The monoisotopic (exact) mass is 160 g/mol. The number of nitriles is 2. The molecular weight excluding hydrogens is 144 g/mol. The highest BCUT2D eigenvalue weighted by molar-refractivity contribution is 4.51. The van der Waals surface area contributed by atoms with Crippen LogP contribution < -0.4 is 0 Å². The van der Waals surface area contributed by atoms with Crippen LogP contribution in [0.2, 0.25) is 0 Å². The average molecular weight is 160 g/mol. The normalized spacial score (nSPS) is 3.64. The fourth-order valence-electron chi connectivity index (χ4n) is 0. The molecule has 0 aliphatic rings. The highest BCUT2D eigenvalue weighted by Crippen LogP contribution is 1.30. The second kappa shape index (κ2) is 154. The highest BCUT2D eigenvalue weighted by Gasteiger charge is 1.34. The Morgan fingerprint density at radius 2 is 1.09 bits per heavy atom. The van der Waals surface area contributed by atoms with Gasteiger partial charge in [0.1, 0.15) is 0 Å². The fraction of sp³-hybridized carbons (Fsp3) is 0.714. The molecule has 0 atom stereocenters. The van der Waals surface area contributed by atoms with Crippen molar-refractivity contribution in [2.75, 3.05) is 13.7 Å². The number of hydrogen-bond donors (Lipinski definition) is 2. The van der Waals surface area contributed by atoms with Gasteiger partial charge in [0.05, 0.1) is 12.1 Å². The molecule has 0 saturated carbocycles. The Hall–Kier alpha value is -1.10. The van der Waals surface area contributed by atoms with E-state index in [9.17, 15) is 0 Å². The van der Waals surface area contributed by atoms with Crippen molar-refractivity contribution >= 4 is 0 Å². The standard InChI is InChI=1S/2C2H3N.C2H6O.CH4O/c3*1-2-3;1-2/h2*1H3;3H,2H2,1H3;2H,1H3. The molecule has 0 aromatic rings. The van der Waals surface area contributed by atoms with Crippen LogP contribution in [-0.4, -0.2) is 23.9 Å². The van der Waals surface area contributed by atoms with Gasteiger partial charge in [0.15, 0.2) is 0 Å². The zero-order valence-electron chi connectivity index (χ0n) is 7.50. The molecule has 0 aromatic heterocycles. The van der Waals surface area contributed by atoms with E-state index in [0.29, 0.717) is 0 Å². The molecular formula is C7H16N2O2. The lowest BCUT2D eigenvalue weighted by Gasteiger charge is -1.52. The molecule has 11 heavy (non-hydrogen) atoms. The van der Waals surface area contributed by atoms with Crippen LogP contribution in [0.3, 0.4) is 0 Å². The van der Waals surface area contributed by atoms with Gasteiger partial charge >= 0.3 is 0 Å². The molecule has 0 bridgehead atoms. The van der Waals surface area contributed by atoms with Crippen molar-refractivity contribution in [3.05, 3.63) is 0 Å². The van der Waals surface area contributed by atoms with Gasteiger partial charge in [0.25, 0.3) is 0 Å². The van der Waals surface area contributed by atoms with E-state index < -0.39 is 0 Å². The summed E-state index contributed by atoms with van der Waals surface area (Å²) in [4.78, 5) is 0. The molecule has 0 aliphatic heterocycles. The molecule has 2 N–H and O–H groups in total. The summed E-state index contributed by atoms with van der Waals surface area (Å²) in [5.74, 6) is 0. The van der Waals surface area contributed by atoms with Crippen molar-refractivity contribution in [2.45, 2.75) is 20.8 Å². The van der Waals surface area contributed by atoms with Gasteiger partial charge in [-0.25, -0.2) is 0 Å². The van der Waals surface area contributed by atoms with Crippen molar-refractivity contribution in [3.63, 3.8) is 0 Å². The molecule has 0 aromatic carbocycles. The van der Waals surface area contributed by atoms with Crippen LogP contribution >= 0.6 is 0 Å². The van der Waals surface area contributed by atoms with Gasteiger partial charge in [-0.05, 0) is 6.92 Å². The lowest BCUT2D eigenvalue weighted by Crippen LogP contribution is -1.57. The van der Waals surface area contributed by atoms with E-state index in [2.05, 4.69) is 0 Å². The zero-order valence-corrected chi connectivity index (χ0v) is 7.50. The number of hydrogen-bond acceptors (Lipinski definition) is 4. The van der Waals surface area contributed by atoms with Crippen LogP contribution in [0, 0.1) is 22.7 Å². The SMILES string of the molecule is CC#N.CC#N.CCO.CO. The van der Waals surface area contributed by atoms with E-state index in [4.69, 9.17) is 20.7 Å². The maximum atomic E-state index is 7.57. The first-order chi connectivity index (χ1) is 5.24. The minimum absolute atomic E-state index is 0.250. The minimum Gasteiger partial charge on any atom is -0.400 e. The topological polar surface area (TPSA) is 88.0 Å². The average Bonchev–Trinajstić information content (AvgIpc) is 1.96. The molecule has 0 heterocycles. The van der Waals surface area contributed by atoms with Crippen molar-refractivity contribution < 1.29 is 10.2 Å². The molecule has 0 rings (SSSR count). The second-order valence-corrected chi connectivity index (χ2v) is 0.763. The maximum absolute atomic E-state index is 7.57. The van der Waals surface area contributed by atoms with Crippen molar-refractivity contribution in [3.8, 4) is 12.1 Å². The van der Waals surface area contributed by atoms with E-state index in [1.807, 2.05) is 0 Å². The summed E-state index contributed by atoms with van der Waals surface area (Å²) in [6.07, 6.45) is 0. The Labute approximate surface area is 68.3 Å². The Bertz CT molecular complexity index is 79.6. The molecule has 0 aliphatic carbocycles. The lowest BCUT2D eigenvalue weighted by molar-refractivity contribution is 0.318. The summed E-state index contributed by atoms with van der Waals surface area (Å²) in [6, 6.07) is 3.50. The van der Waals surface area contributed by atoms with Gasteiger partial charge in [-0.3, -0.25) is 0 Å². The molecule has 0 unspecified atom stereocenters. The summed E-state index contributed by atoms with van der Waals surface area (Å²) < 4.78 is 0. The fourth-order valence-corrected chi connectivity index (χ4v) is 0.